The van der Waals surface area contributed by atoms with Crippen LogP contribution in [0.2, 0.25) is 0 Å². The van der Waals surface area contributed by atoms with Gasteiger partial charge in [-0.1, -0.05) is 25.5 Å². The van der Waals surface area contributed by atoms with Crippen molar-refractivity contribution >= 4 is 0 Å². The van der Waals surface area contributed by atoms with Crippen molar-refractivity contribution in [2.45, 2.75) is 64.1 Å². The van der Waals surface area contributed by atoms with E-state index in [0.717, 1.165) is 44.5 Å². The number of methoxy groups -OCH3 is 1. The Morgan fingerprint density at radius 1 is 1.24 bits per heavy atom. The lowest BCUT2D eigenvalue weighted by molar-refractivity contribution is 0.0695. The number of benzene rings is 1. The summed E-state index contributed by atoms with van der Waals surface area (Å²) < 4.78 is 5.33. The molecular formula is C18H29NO2. The van der Waals surface area contributed by atoms with Crippen molar-refractivity contribution in [1.29, 1.82) is 0 Å². The van der Waals surface area contributed by atoms with E-state index in [2.05, 4.69) is 30.0 Å². The third-order valence-electron chi connectivity index (χ3n) is 4.50. The van der Waals surface area contributed by atoms with Gasteiger partial charge in [-0.2, -0.15) is 0 Å². The van der Waals surface area contributed by atoms with E-state index in [1.54, 1.807) is 7.11 Å². The zero-order valence-corrected chi connectivity index (χ0v) is 13.4. The second-order valence-corrected chi connectivity index (χ2v) is 6.14. The van der Waals surface area contributed by atoms with Gasteiger partial charge in [0.15, 0.2) is 0 Å². The SMILES string of the molecule is CCCCN(Cc1cccc(OC)c1)C1CCC(O)CC1. The molecule has 21 heavy (non-hydrogen) atoms. The van der Waals surface area contributed by atoms with Gasteiger partial charge < -0.3 is 9.84 Å². The molecule has 1 fully saturated rings. The minimum atomic E-state index is -0.0777. The van der Waals surface area contributed by atoms with Crippen molar-refractivity contribution in [1.82, 2.24) is 4.90 Å². The molecule has 0 atom stereocenters. The summed E-state index contributed by atoms with van der Waals surface area (Å²) in [5, 5.41) is 9.71. The Bertz CT molecular complexity index is 413. The number of rotatable bonds is 7. The van der Waals surface area contributed by atoms with E-state index in [1.807, 2.05) is 6.07 Å². The van der Waals surface area contributed by atoms with E-state index >= 15 is 0 Å². The number of ether oxygens (including phenoxy) is 1. The van der Waals surface area contributed by atoms with E-state index in [9.17, 15) is 5.11 Å². The van der Waals surface area contributed by atoms with Gasteiger partial charge in [0.1, 0.15) is 5.75 Å². The van der Waals surface area contributed by atoms with Crippen LogP contribution < -0.4 is 4.74 Å². The molecule has 1 saturated carbocycles. The summed E-state index contributed by atoms with van der Waals surface area (Å²) >= 11 is 0. The monoisotopic (exact) mass is 291 g/mol. The molecule has 0 radical (unpaired) electrons. The summed E-state index contributed by atoms with van der Waals surface area (Å²) in [7, 11) is 1.72. The van der Waals surface area contributed by atoms with Crippen LogP contribution in [-0.2, 0) is 6.54 Å². The largest absolute Gasteiger partial charge is 0.497 e. The van der Waals surface area contributed by atoms with Gasteiger partial charge in [0.05, 0.1) is 13.2 Å². The average Bonchev–Trinajstić information content (AvgIpc) is 2.52. The third kappa shape index (κ3) is 5.01. The summed E-state index contributed by atoms with van der Waals surface area (Å²) in [6.45, 7) is 4.38. The molecule has 1 aromatic carbocycles. The fourth-order valence-corrected chi connectivity index (χ4v) is 3.18. The number of hydrogen-bond donors (Lipinski definition) is 1. The number of aliphatic hydroxyl groups excluding tert-OH is 1. The zero-order valence-electron chi connectivity index (χ0n) is 13.4. The standard InChI is InChI=1S/C18H29NO2/c1-3-4-12-19(16-8-10-17(20)11-9-16)14-15-6-5-7-18(13-15)21-2/h5-7,13,16-17,20H,3-4,8-12,14H2,1-2H3. The third-order valence-corrected chi connectivity index (χ3v) is 4.50. The van der Waals surface area contributed by atoms with Crippen LogP contribution in [0.1, 0.15) is 51.0 Å². The molecule has 0 bridgehead atoms. The summed E-state index contributed by atoms with van der Waals surface area (Å²) in [5.74, 6) is 0.932. The smallest absolute Gasteiger partial charge is 0.119 e. The maximum atomic E-state index is 9.71. The molecule has 0 spiro atoms. The lowest BCUT2D eigenvalue weighted by Gasteiger charge is -2.36. The fourth-order valence-electron chi connectivity index (χ4n) is 3.18. The highest BCUT2D eigenvalue weighted by molar-refractivity contribution is 5.28. The Kier molecular flexibility index (Phi) is 6.52. The first-order valence-electron chi connectivity index (χ1n) is 8.28. The van der Waals surface area contributed by atoms with Gasteiger partial charge >= 0.3 is 0 Å². The molecule has 0 amide bonds. The van der Waals surface area contributed by atoms with Crippen molar-refractivity contribution in [2.24, 2.45) is 0 Å². The Morgan fingerprint density at radius 3 is 2.67 bits per heavy atom. The molecule has 2 rings (SSSR count). The van der Waals surface area contributed by atoms with Crippen molar-refractivity contribution in [3.05, 3.63) is 29.8 Å². The van der Waals surface area contributed by atoms with E-state index in [0.29, 0.717) is 6.04 Å². The summed E-state index contributed by atoms with van der Waals surface area (Å²) in [4.78, 5) is 2.60. The quantitative estimate of drug-likeness (QED) is 0.833. The molecule has 0 aromatic heterocycles. The second kappa shape index (κ2) is 8.40. The maximum absolute atomic E-state index is 9.71. The van der Waals surface area contributed by atoms with Crippen LogP contribution in [0, 0.1) is 0 Å². The second-order valence-electron chi connectivity index (χ2n) is 6.14. The average molecular weight is 291 g/mol. The molecule has 118 valence electrons. The highest BCUT2D eigenvalue weighted by atomic mass is 16.5. The first kappa shape index (κ1) is 16.3. The molecule has 1 aliphatic carbocycles. The van der Waals surface area contributed by atoms with Gasteiger partial charge in [0.2, 0.25) is 0 Å². The van der Waals surface area contributed by atoms with Crippen LogP contribution in [-0.4, -0.2) is 35.8 Å². The lowest BCUT2D eigenvalue weighted by atomic mass is 9.91. The Balaban J connectivity index is 2.01. The molecule has 0 saturated heterocycles. The first-order chi connectivity index (χ1) is 10.2. The van der Waals surface area contributed by atoms with Crippen LogP contribution in [0.5, 0.6) is 5.75 Å². The van der Waals surface area contributed by atoms with Crippen LogP contribution >= 0.6 is 0 Å². The first-order valence-corrected chi connectivity index (χ1v) is 8.28. The van der Waals surface area contributed by atoms with Crippen molar-refractivity contribution in [3.63, 3.8) is 0 Å². The normalized spacial score (nSPS) is 22.5. The molecule has 0 unspecified atom stereocenters. The number of unbranched alkanes of at least 4 members (excludes halogenated alkanes) is 1. The summed E-state index contributed by atoms with van der Waals surface area (Å²) in [5.41, 5.74) is 1.32. The lowest BCUT2D eigenvalue weighted by Crippen LogP contribution is -2.39. The van der Waals surface area contributed by atoms with Crippen LogP contribution in [0.3, 0.4) is 0 Å². The fraction of sp³-hybridized carbons (Fsp3) is 0.667. The Labute approximate surface area is 128 Å². The summed E-state index contributed by atoms with van der Waals surface area (Å²) in [6.07, 6.45) is 6.53. The maximum Gasteiger partial charge on any atom is 0.119 e. The molecule has 3 nitrogen and oxygen atoms in total. The van der Waals surface area contributed by atoms with Gasteiger partial charge in [-0.05, 0) is 56.3 Å². The van der Waals surface area contributed by atoms with Crippen LogP contribution in [0.25, 0.3) is 0 Å². The molecule has 1 aromatic rings. The minimum Gasteiger partial charge on any atom is -0.497 e. The molecule has 1 aliphatic rings. The molecule has 3 heteroatoms. The molecule has 0 aliphatic heterocycles. The van der Waals surface area contributed by atoms with Crippen molar-refractivity contribution < 1.29 is 9.84 Å². The Hall–Kier alpha value is -1.06. The highest BCUT2D eigenvalue weighted by Crippen LogP contribution is 2.25. The van der Waals surface area contributed by atoms with E-state index < -0.39 is 0 Å². The van der Waals surface area contributed by atoms with Crippen LogP contribution in [0.4, 0.5) is 0 Å². The van der Waals surface area contributed by atoms with E-state index in [4.69, 9.17) is 4.74 Å². The van der Waals surface area contributed by atoms with Gasteiger partial charge in [0, 0.05) is 12.6 Å². The number of hydrogen-bond acceptors (Lipinski definition) is 3. The predicted molar refractivity (Wildman–Crippen MR) is 86.6 cm³/mol. The zero-order chi connectivity index (χ0) is 15.1. The number of nitrogens with zero attached hydrogens (tertiary/aromatic N) is 1. The van der Waals surface area contributed by atoms with Gasteiger partial charge in [-0.25, -0.2) is 0 Å². The summed E-state index contributed by atoms with van der Waals surface area (Å²) in [6, 6.07) is 9.00. The number of aliphatic hydroxyl groups is 1. The van der Waals surface area contributed by atoms with Gasteiger partial charge in [-0.15, -0.1) is 0 Å². The van der Waals surface area contributed by atoms with E-state index in [1.165, 1.54) is 18.4 Å². The predicted octanol–water partition coefficient (Wildman–Crippen LogP) is 3.60. The molecule has 1 N–H and O–H groups in total. The van der Waals surface area contributed by atoms with Crippen molar-refractivity contribution in [3.8, 4) is 5.75 Å². The van der Waals surface area contributed by atoms with Crippen LogP contribution in [0.15, 0.2) is 24.3 Å². The van der Waals surface area contributed by atoms with E-state index in [-0.39, 0.29) is 6.10 Å². The highest BCUT2D eigenvalue weighted by Gasteiger charge is 2.24. The van der Waals surface area contributed by atoms with Crippen molar-refractivity contribution in [2.75, 3.05) is 13.7 Å². The van der Waals surface area contributed by atoms with Gasteiger partial charge in [0.25, 0.3) is 0 Å². The van der Waals surface area contributed by atoms with Gasteiger partial charge in [-0.3, -0.25) is 4.90 Å². The molecule has 0 heterocycles. The topological polar surface area (TPSA) is 32.7 Å². The molecular weight excluding hydrogens is 262 g/mol. The Morgan fingerprint density at radius 2 is 2.00 bits per heavy atom. The minimum absolute atomic E-state index is 0.0777.